The van der Waals surface area contributed by atoms with E-state index in [1.807, 2.05) is 42.2 Å². The predicted octanol–water partition coefficient (Wildman–Crippen LogP) is 2.44. The second-order valence-electron chi connectivity index (χ2n) is 9.22. The van der Waals surface area contributed by atoms with Gasteiger partial charge in [0.15, 0.2) is 0 Å². The van der Waals surface area contributed by atoms with E-state index in [0.29, 0.717) is 31.1 Å². The molecule has 0 unspecified atom stereocenters. The zero-order chi connectivity index (χ0) is 25.7. The second-order valence-corrected chi connectivity index (χ2v) is 9.22. The monoisotopic (exact) mass is 498 g/mol. The van der Waals surface area contributed by atoms with E-state index in [0.717, 1.165) is 5.56 Å². The lowest BCUT2D eigenvalue weighted by atomic mass is 10.1. The number of nitrogens with one attached hydrogen (secondary N) is 2. The molecule has 3 atom stereocenters. The number of carbonyl (C=O) groups is 3. The molecule has 2 N–H and O–H groups in total. The van der Waals surface area contributed by atoms with Crippen LogP contribution in [-0.4, -0.2) is 62.8 Å². The largest absolute Gasteiger partial charge is 0.442 e. The number of rotatable bonds is 9. The molecule has 3 amide bonds. The van der Waals surface area contributed by atoms with Gasteiger partial charge >= 0.3 is 6.09 Å². The molecule has 2 aromatic rings. The van der Waals surface area contributed by atoms with Gasteiger partial charge in [-0.1, -0.05) is 37.3 Å². The smallest absolute Gasteiger partial charge is 0.414 e. The molecule has 2 fully saturated rings. The standard InChI is InChI=1S/C26H31FN4O5/c1-17-12-30(14-23(17)29-25(33)16-35-15-19-6-4-3-5-7-19)24-9-8-20(10-22(24)27)31-13-21(36-26(31)34)11-28-18(2)32/h3-10,17,21,23H,11-16H2,1-2H3,(H,28,32)(H,29,33)/t17-,21+,23-/m1/s1. The van der Waals surface area contributed by atoms with Crippen molar-refractivity contribution in [3.8, 4) is 0 Å². The average molecular weight is 499 g/mol. The zero-order valence-electron chi connectivity index (χ0n) is 20.4. The molecular formula is C26H31FN4O5. The molecule has 10 heteroatoms. The van der Waals surface area contributed by atoms with Crippen molar-refractivity contribution in [2.24, 2.45) is 5.92 Å². The SMILES string of the molecule is CC(=O)NC[C@H]1CN(c2ccc(N3C[C@@H](C)[C@H](NC(=O)COCc4ccccc4)C3)c(F)c2)C(=O)O1. The number of amides is 3. The molecule has 2 saturated heterocycles. The molecule has 4 rings (SSSR count). The molecule has 2 aromatic carbocycles. The minimum absolute atomic E-state index is 0.0456. The molecule has 2 aliphatic heterocycles. The molecular weight excluding hydrogens is 467 g/mol. The first-order chi connectivity index (χ1) is 17.3. The Morgan fingerprint density at radius 3 is 2.64 bits per heavy atom. The summed E-state index contributed by atoms with van der Waals surface area (Å²) >= 11 is 0. The first-order valence-corrected chi connectivity index (χ1v) is 12.0. The van der Waals surface area contributed by atoms with Crippen molar-refractivity contribution in [2.45, 2.75) is 32.6 Å². The molecule has 36 heavy (non-hydrogen) atoms. The lowest BCUT2D eigenvalue weighted by Gasteiger charge is -2.21. The number of nitrogens with zero attached hydrogens (tertiary/aromatic N) is 2. The van der Waals surface area contributed by atoms with Crippen molar-refractivity contribution < 1.29 is 28.2 Å². The van der Waals surface area contributed by atoms with E-state index in [4.69, 9.17) is 9.47 Å². The van der Waals surface area contributed by atoms with Crippen molar-refractivity contribution in [3.63, 3.8) is 0 Å². The Hall–Kier alpha value is -3.66. The third-order valence-electron chi connectivity index (χ3n) is 6.34. The van der Waals surface area contributed by atoms with Gasteiger partial charge < -0.3 is 25.0 Å². The molecule has 0 bridgehead atoms. The first-order valence-electron chi connectivity index (χ1n) is 12.0. The molecule has 9 nitrogen and oxygen atoms in total. The van der Waals surface area contributed by atoms with Crippen LogP contribution in [0, 0.1) is 11.7 Å². The number of hydrogen-bond donors (Lipinski definition) is 2. The summed E-state index contributed by atoms with van der Waals surface area (Å²) < 4.78 is 25.9. The number of hydrogen-bond acceptors (Lipinski definition) is 6. The Labute approximate surface area is 209 Å². The third kappa shape index (κ3) is 6.31. The van der Waals surface area contributed by atoms with E-state index in [1.165, 1.54) is 17.9 Å². The Balaban J connectivity index is 1.30. The topological polar surface area (TPSA) is 100 Å². The number of carbonyl (C=O) groups excluding carboxylic acids is 3. The van der Waals surface area contributed by atoms with Crippen LogP contribution in [0.15, 0.2) is 48.5 Å². The van der Waals surface area contributed by atoms with E-state index in [9.17, 15) is 14.4 Å². The van der Waals surface area contributed by atoms with Gasteiger partial charge in [0, 0.05) is 20.0 Å². The van der Waals surface area contributed by atoms with Crippen LogP contribution >= 0.6 is 0 Å². The Kier molecular flexibility index (Phi) is 8.04. The van der Waals surface area contributed by atoms with Crippen molar-refractivity contribution in [2.75, 3.05) is 42.6 Å². The van der Waals surface area contributed by atoms with Crippen LogP contribution in [0.25, 0.3) is 0 Å². The Morgan fingerprint density at radius 2 is 1.92 bits per heavy atom. The Bertz CT molecular complexity index is 1100. The molecule has 0 saturated carbocycles. The lowest BCUT2D eigenvalue weighted by Crippen LogP contribution is -2.41. The summed E-state index contributed by atoms with van der Waals surface area (Å²) in [4.78, 5) is 39.0. The van der Waals surface area contributed by atoms with Crippen LogP contribution < -0.4 is 20.4 Å². The maximum absolute atomic E-state index is 15.1. The van der Waals surface area contributed by atoms with E-state index in [1.54, 1.807) is 12.1 Å². The molecule has 0 aromatic heterocycles. The summed E-state index contributed by atoms with van der Waals surface area (Å²) in [7, 11) is 0. The summed E-state index contributed by atoms with van der Waals surface area (Å²) in [5, 5.41) is 5.61. The number of anilines is 2. The fraction of sp³-hybridized carbons (Fsp3) is 0.423. The third-order valence-corrected chi connectivity index (χ3v) is 6.34. The molecule has 0 radical (unpaired) electrons. The number of cyclic esters (lactones) is 1. The maximum atomic E-state index is 15.1. The van der Waals surface area contributed by atoms with Crippen molar-refractivity contribution >= 4 is 29.3 Å². The van der Waals surface area contributed by atoms with E-state index in [2.05, 4.69) is 10.6 Å². The predicted molar refractivity (Wildman–Crippen MR) is 132 cm³/mol. The van der Waals surface area contributed by atoms with Gasteiger partial charge in [-0.05, 0) is 29.7 Å². The number of halogens is 1. The lowest BCUT2D eigenvalue weighted by molar-refractivity contribution is -0.127. The number of ether oxygens (including phenoxy) is 2. The first kappa shape index (κ1) is 25.4. The van der Waals surface area contributed by atoms with Gasteiger partial charge in [-0.25, -0.2) is 9.18 Å². The minimum atomic E-state index is -0.579. The van der Waals surface area contributed by atoms with Crippen LogP contribution in [0.3, 0.4) is 0 Å². The van der Waals surface area contributed by atoms with Crippen LogP contribution in [0.4, 0.5) is 20.6 Å². The van der Waals surface area contributed by atoms with Gasteiger partial charge in [0.1, 0.15) is 18.5 Å². The molecule has 0 aliphatic carbocycles. The second kappa shape index (κ2) is 11.4. The molecule has 192 valence electrons. The highest BCUT2D eigenvalue weighted by molar-refractivity contribution is 5.90. The normalized spacial score (nSPS) is 21.4. The summed E-state index contributed by atoms with van der Waals surface area (Å²) in [5.41, 5.74) is 1.79. The average Bonchev–Trinajstić information content (AvgIpc) is 3.40. The minimum Gasteiger partial charge on any atom is -0.442 e. The van der Waals surface area contributed by atoms with Gasteiger partial charge in [0.25, 0.3) is 0 Å². The van der Waals surface area contributed by atoms with Crippen LogP contribution in [-0.2, 0) is 25.7 Å². The van der Waals surface area contributed by atoms with Crippen LogP contribution in [0.5, 0.6) is 0 Å². The highest BCUT2D eigenvalue weighted by Gasteiger charge is 2.34. The van der Waals surface area contributed by atoms with Gasteiger partial charge in [0.05, 0.1) is 37.1 Å². The highest BCUT2D eigenvalue weighted by Crippen LogP contribution is 2.31. The Morgan fingerprint density at radius 1 is 1.14 bits per heavy atom. The van der Waals surface area contributed by atoms with E-state index >= 15 is 4.39 Å². The van der Waals surface area contributed by atoms with Gasteiger partial charge in [-0.2, -0.15) is 0 Å². The van der Waals surface area contributed by atoms with Gasteiger partial charge in [-0.15, -0.1) is 0 Å². The quantitative estimate of drug-likeness (QED) is 0.551. The van der Waals surface area contributed by atoms with Gasteiger partial charge in [-0.3, -0.25) is 14.5 Å². The van der Waals surface area contributed by atoms with Gasteiger partial charge in [0.2, 0.25) is 11.8 Å². The summed E-state index contributed by atoms with van der Waals surface area (Å²) in [6.07, 6.45) is -1.07. The van der Waals surface area contributed by atoms with Crippen molar-refractivity contribution in [3.05, 3.63) is 59.9 Å². The summed E-state index contributed by atoms with van der Waals surface area (Å²) in [6, 6.07) is 14.1. The van der Waals surface area contributed by atoms with Crippen LogP contribution in [0.2, 0.25) is 0 Å². The fourth-order valence-electron chi connectivity index (χ4n) is 4.45. The van der Waals surface area contributed by atoms with E-state index < -0.39 is 18.0 Å². The fourth-order valence-corrected chi connectivity index (χ4v) is 4.45. The maximum Gasteiger partial charge on any atom is 0.414 e. The summed E-state index contributed by atoms with van der Waals surface area (Å²) in [5.74, 6) is -0.767. The molecule has 0 spiro atoms. The summed E-state index contributed by atoms with van der Waals surface area (Å²) in [6.45, 7) is 5.18. The van der Waals surface area contributed by atoms with Crippen LogP contribution in [0.1, 0.15) is 19.4 Å². The molecule has 2 heterocycles. The van der Waals surface area contributed by atoms with E-state index in [-0.39, 0.29) is 43.5 Å². The number of benzene rings is 2. The molecule has 2 aliphatic rings. The van der Waals surface area contributed by atoms with Crippen molar-refractivity contribution in [1.82, 2.24) is 10.6 Å². The van der Waals surface area contributed by atoms with Crippen molar-refractivity contribution in [1.29, 1.82) is 0 Å². The highest BCUT2D eigenvalue weighted by atomic mass is 19.1. The zero-order valence-corrected chi connectivity index (χ0v) is 20.4.